The van der Waals surface area contributed by atoms with Crippen molar-refractivity contribution in [3.05, 3.63) is 41.0 Å². The van der Waals surface area contributed by atoms with E-state index in [-0.39, 0.29) is 29.9 Å². The first-order chi connectivity index (χ1) is 21.0. The quantitative estimate of drug-likeness (QED) is 0.171. The fraction of sp³-hybridized carbons (Fsp3) is 0.697. The van der Waals surface area contributed by atoms with E-state index in [2.05, 4.69) is 20.4 Å². The Balaban J connectivity index is 1.38. The predicted octanol–water partition coefficient (Wildman–Crippen LogP) is 8.62. The van der Waals surface area contributed by atoms with Gasteiger partial charge < -0.3 is 19.5 Å². The van der Waals surface area contributed by atoms with E-state index in [9.17, 15) is 35.9 Å². The van der Waals surface area contributed by atoms with Crippen LogP contribution in [0.2, 0.25) is 0 Å². The third kappa shape index (κ3) is 8.74. The van der Waals surface area contributed by atoms with Crippen molar-refractivity contribution in [2.45, 2.75) is 109 Å². The van der Waals surface area contributed by atoms with E-state index in [1.54, 1.807) is 0 Å². The minimum Gasteiger partial charge on any atom is -0.481 e. The summed E-state index contributed by atoms with van der Waals surface area (Å²) in [5.41, 5.74) is -3.42. The number of nitrogens with zero attached hydrogens (tertiary/aromatic N) is 1. The molecule has 45 heavy (non-hydrogen) atoms. The molecule has 1 aromatic carbocycles. The normalized spacial score (nSPS) is 23.6. The number of carbonyl (C=O) groups excluding carboxylic acids is 1. The fourth-order valence-corrected chi connectivity index (χ4v) is 7.11. The summed E-state index contributed by atoms with van der Waals surface area (Å²) >= 11 is 0. The number of hydrogen-bond acceptors (Lipinski definition) is 4. The van der Waals surface area contributed by atoms with Gasteiger partial charge in [-0.2, -0.15) is 26.3 Å². The molecule has 12 heteroatoms. The van der Waals surface area contributed by atoms with Crippen LogP contribution in [0.15, 0.2) is 24.3 Å². The summed E-state index contributed by atoms with van der Waals surface area (Å²) in [4.78, 5) is 26.1. The summed E-state index contributed by atoms with van der Waals surface area (Å²) in [5.74, 6) is -1.17. The zero-order valence-corrected chi connectivity index (χ0v) is 25.9. The summed E-state index contributed by atoms with van der Waals surface area (Å²) < 4.78 is 92.9. The smallest absolute Gasteiger partial charge is 0.419 e. The molecule has 0 aromatic heterocycles. The van der Waals surface area contributed by atoms with Crippen LogP contribution in [-0.2, 0) is 33.2 Å². The molecule has 0 bridgehead atoms. The number of carboxylic acid groups (broad SMARTS) is 1. The monoisotopic (exact) mass is 647 g/mol. The molecule has 0 spiro atoms. The zero-order chi connectivity index (χ0) is 33.2. The Bertz CT molecular complexity index is 1230. The van der Waals surface area contributed by atoms with Crippen LogP contribution in [0, 0.1) is 23.7 Å². The largest absolute Gasteiger partial charge is 0.481 e. The van der Waals surface area contributed by atoms with Gasteiger partial charge in [0.2, 0.25) is 0 Å². The van der Waals surface area contributed by atoms with Crippen molar-refractivity contribution >= 4 is 11.9 Å². The molecular formula is C33H43F6NO5. The van der Waals surface area contributed by atoms with Gasteiger partial charge in [0.25, 0.3) is 5.91 Å². The molecule has 1 saturated heterocycles. The van der Waals surface area contributed by atoms with Crippen LogP contribution in [0.3, 0.4) is 0 Å². The van der Waals surface area contributed by atoms with Gasteiger partial charge in [-0.25, -0.2) is 0 Å². The van der Waals surface area contributed by atoms with Gasteiger partial charge in [-0.15, -0.1) is 0 Å². The van der Waals surface area contributed by atoms with E-state index in [4.69, 9.17) is 14.6 Å². The third-order valence-corrected chi connectivity index (χ3v) is 9.32. The van der Waals surface area contributed by atoms with E-state index >= 15 is 0 Å². The standard InChI is InChI=1S/C33H43F6NO5/c1-4-5-22(6-9-28(41)42)13-20(2)12-21(3)14-23-10-11-31(45-18-23,25-7-8-25)30(43)40-17-24-15-26(32(34,35)36)16-27(33(37,38)39)29(24)44-19-40/h15-16,20,22-23,25H,3-14,17-19H2,1-2H3,(H,41,42)/t20?,22?,23-,31-/m0/s1. The van der Waals surface area contributed by atoms with Crippen LogP contribution in [0.5, 0.6) is 5.75 Å². The van der Waals surface area contributed by atoms with E-state index in [0.29, 0.717) is 50.2 Å². The van der Waals surface area contributed by atoms with Crippen LogP contribution in [0.1, 0.15) is 101 Å². The van der Waals surface area contributed by atoms with E-state index in [1.165, 1.54) is 4.90 Å². The lowest BCUT2D eigenvalue weighted by Crippen LogP contribution is -2.56. The number of ether oxygens (including phenoxy) is 2. The molecule has 252 valence electrons. The first kappa shape index (κ1) is 35.1. The zero-order valence-electron chi connectivity index (χ0n) is 25.9. The van der Waals surface area contributed by atoms with Gasteiger partial charge >= 0.3 is 18.3 Å². The molecule has 4 atom stereocenters. The van der Waals surface area contributed by atoms with E-state index < -0.39 is 60.0 Å². The van der Waals surface area contributed by atoms with Gasteiger partial charge in [-0.05, 0) is 87.2 Å². The van der Waals surface area contributed by atoms with Gasteiger partial charge in [0.05, 0.1) is 24.3 Å². The number of amides is 1. The summed E-state index contributed by atoms with van der Waals surface area (Å²) in [6.45, 7) is 7.87. The van der Waals surface area contributed by atoms with E-state index in [0.717, 1.165) is 44.1 Å². The second-order valence-electron chi connectivity index (χ2n) is 13.2. The molecule has 2 unspecified atom stereocenters. The highest BCUT2D eigenvalue weighted by Gasteiger charge is 2.56. The van der Waals surface area contributed by atoms with Crippen molar-refractivity contribution in [3.8, 4) is 5.75 Å². The molecule has 0 radical (unpaired) electrons. The highest BCUT2D eigenvalue weighted by atomic mass is 19.4. The van der Waals surface area contributed by atoms with Gasteiger partial charge in [0.15, 0.2) is 6.73 Å². The van der Waals surface area contributed by atoms with Gasteiger partial charge in [0.1, 0.15) is 11.4 Å². The van der Waals surface area contributed by atoms with Crippen LogP contribution in [0.4, 0.5) is 26.3 Å². The lowest BCUT2D eigenvalue weighted by molar-refractivity contribution is -0.178. The van der Waals surface area contributed by atoms with Crippen LogP contribution < -0.4 is 4.74 Å². The molecule has 1 amide bonds. The van der Waals surface area contributed by atoms with Crippen LogP contribution >= 0.6 is 0 Å². The Morgan fingerprint density at radius 3 is 2.38 bits per heavy atom. The minimum absolute atomic E-state index is 0.0456. The number of halogens is 6. The summed E-state index contributed by atoms with van der Waals surface area (Å²) in [6.07, 6.45) is -2.22. The highest BCUT2D eigenvalue weighted by Crippen LogP contribution is 2.50. The first-order valence-corrected chi connectivity index (χ1v) is 15.8. The second-order valence-corrected chi connectivity index (χ2v) is 13.2. The van der Waals surface area contributed by atoms with Crippen LogP contribution in [-0.4, -0.2) is 40.8 Å². The predicted molar refractivity (Wildman–Crippen MR) is 154 cm³/mol. The van der Waals surface area contributed by atoms with Crippen molar-refractivity contribution in [2.24, 2.45) is 23.7 Å². The third-order valence-electron chi connectivity index (χ3n) is 9.32. The highest BCUT2D eigenvalue weighted by molar-refractivity contribution is 5.86. The maximum atomic E-state index is 13.9. The van der Waals surface area contributed by atoms with Crippen molar-refractivity contribution in [1.82, 2.24) is 4.90 Å². The second kappa shape index (κ2) is 13.9. The molecule has 3 aliphatic rings. The Morgan fingerprint density at radius 1 is 1.11 bits per heavy atom. The minimum atomic E-state index is -5.06. The topological polar surface area (TPSA) is 76.1 Å². The average Bonchev–Trinajstić information content (AvgIpc) is 3.80. The maximum absolute atomic E-state index is 13.9. The van der Waals surface area contributed by atoms with Crippen molar-refractivity contribution in [1.29, 1.82) is 0 Å². The molecule has 1 aliphatic carbocycles. The van der Waals surface area contributed by atoms with Crippen LogP contribution in [0.25, 0.3) is 0 Å². The number of hydrogen-bond donors (Lipinski definition) is 1. The number of rotatable bonds is 13. The lowest BCUT2D eigenvalue weighted by Gasteiger charge is -2.43. The number of allylic oxidation sites excluding steroid dienone is 1. The lowest BCUT2D eigenvalue weighted by atomic mass is 9.80. The number of benzene rings is 1. The summed E-state index contributed by atoms with van der Waals surface area (Å²) in [6, 6.07) is 0.665. The molecular weight excluding hydrogens is 604 g/mol. The molecule has 6 nitrogen and oxygen atoms in total. The Labute approximate surface area is 260 Å². The fourth-order valence-electron chi connectivity index (χ4n) is 7.11. The number of fused-ring (bicyclic) bond motifs is 1. The number of alkyl halides is 6. The van der Waals surface area contributed by atoms with Gasteiger partial charge in [0, 0.05) is 12.0 Å². The van der Waals surface area contributed by atoms with Crippen molar-refractivity contribution in [2.75, 3.05) is 13.3 Å². The Hall–Kier alpha value is -2.76. The maximum Gasteiger partial charge on any atom is 0.419 e. The first-order valence-electron chi connectivity index (χ1n) is 15.8. The SMILES string of the molecule is C=C(CC(C)CC(CCC)CCC(=O)O)C[C@@H]1CC[C@@](C(=O)N2COc3c(cc(C(F)(F)F)cc3C(F)(F)F)C2)(C2CC2)OC1. The summed E-state index contributed by atoms with van der Waals surface area (Å²) in [5, 5.41) is 9.06. The molecule has 2 fully saturated rings. The molecule has 2 heterocycles. The van der Waals surface area contributed by atoms with Crippen molar-refractivity contribution < 1.29 is 50.5 Å². The van der Waals surface area contributed by atoms with E-state index in [1.807, 2.05) is 0 Å². The van der Waals surface area contributed by atoms with Gasteiger partial charge in [-0.3, -0.25) is 9.59 Å². The average molecular weight is 648 g/mol. The molecule has 2 aliphatic heterocycles. The summed E-state index contributed by atoms with van der Waals surface area (Å²) in [7, 11) is 0. The molecule has 1 aromatic rings. The number of carbonyl (C=O) groups is 2. The number of aliphatic carboxylic acids is 1. The molecule has 1 N–H and O–H groups in total. The molecule has 4 rings (SSSR count). The Morgan fingerprint density at radius 2 is 1.82 bits per heavy atom. The Kier molecular flexibility index (Phi) is 10.9. The molecule has 1 saturated carbocycles. The number of carboxylic acids is 1. The van der Waals surface area contributed by atoms with Crippen molar-refractivity contribution in [3.63, 3.8) is 0 Å². The van der Waals surface area contributed by atoms with Gasteiger partial charge in [-0.1, -0.05) is 38.8 Å².